The van der Waals surface area contributed by atoms with Crippen LogP contribution in [0.15, 0.2) is 87.5 Å². The van der Waals surface area contributed by atoms with E-state index in [-0.39, 0.29) is 31.6 Å². The molecule has 0 aromatic heterocycles. The second kappa shape index (κ2) is 9.93. The highest BCUT2D eigenvalue weighted by atomic mass is 32.3. The third-order valence-electron chi connectivity index (χ3n) is 5.57. The first kappa shape index (κ1) is 30.6. The monoisotopic (exact) mass is 606 g/mol. The normalized spacial score (nSPS) is 14.3. The van der Waals surface area contributed by atoms with Crippen molar-refractivity contribution in [1.29, 1.82) is 0 Å². The van der Waals surface area contributed by atoms with Gasteiger partial charge in [0.2, 0.25) is 0 Å². The predicted molar refractivity (Wildman–Crippen MR) is 124 cm³/mol. The van der Waals surface area contributed by atoms with Gasteiger partial charge in [0.05, 0.1) is 0 Å². The van der Waals surface area contributed by atoms with Gasteiger partial charge in [-0.15, -0.1) is 0 Å². The highest BCUT2D eigenvalue weighted by Gasteiger charge is 2.86. The Kier molecular flexibility index (Phi) is 7.80. The van der Waals surface area contributed by atoms with Crippen LogP contribution in [0.25, 0.3) is 0 Å². The first-order valence-corrected chi connectivity index (χ1v) is 13.6. The first-order valence-electron chi connectivity index (χ1n) is 10.6. The Morgan fingerprint density at radius 3 is 1.38 bits per heavy atom. The molecule has 1 N–H and O–H groups in total. The quantitative estimate of drug-likeness (QED) is 0.264. The van der Waals surface area contributed by atoms with Crippen molar-refractivity contribution in [1.82, 2.24) is 0 Å². The van der Waals surface area contributed by atoms with Gasteiger partial charge in [0.15, 0.2) is 0 Å². The number of rotatable bonds is 8. The zero-order chi connectivity index (χ0) is 29.7. The lowest BCUT2D eigenvalue weighted by molar-refractivity contribution is -0.382. The number of hydrogen-bond acceptors (Lipinski definition) is 4. The molecule has 0 radical (unpaired) electrons. The van der Waals surface area contributed by atoms with Crippen molar-refractivity contribution in [2.24, 2.45) is 0 Å². The molecule has 0 bridgehead atoms. The van der Waals surface area contributed by atoms with E-state index in [2.05, 4.69) is 0 Å². The van der Waals surface area contributed by atoms with Gasteiger partial charge in [0, 0.05) is 14.7 Å². The van der Waals surface area contributed by atoms with Crippen molar-refractivity contribution in [2.45, 2.75) is 51.8 Å². The summed E-state index contributed by atoms with van der Waals surface area (Å²) in [5.41, 5.74) is 0.130. The van der Waals surface area contributed by atoms with Crippen LogP contribution < -0.4 is 0 Å². The molecule has 3 aromatic carbocycles. The second-order valence-electron chi connectivity index (χ2n) is 8.27. The van der Waals surface area contributed by atoms with Crippen LogP contribution in [0.5, 0.6) is 5.75 Å². The van der Waals surface area contributed by atoms with Crippen LogP contribution in [0, 0.1) is 13.8 Å². The van der Waals surface area contributed by atoms with Gasteiger partial charge in [0.25, 0.3) is 0 Å². The summed E-state index contributed by atoms with van der Waals surface area (Å²) in [6.07, 6.45) is -7.23. The van der Waals surface area contributed by atoms with Crippen LogP contribution in [0.1, 0.15) is 11.1 Å². The van der Waals surface area contributed by atoms with Crippen molar-refractivity contribution in [3.8, 4) is 5.75 Å². The van der Waals surface area contributed by atoms with Gasteiger partial charge >= 0.3 is 33.4 Å². The molecule has 4 nitrogen and oxygen atoms in total. The molecule has 0 fully saturated rings. The number of aromatic hydroxyl groups is 1. The van der Waals surface area contributed by atoms with Gasteiger partial charge in [-0.25, -0.2) is 3.63 Å². The summed E-state index contributed by atoms with van der Waals surface area (Å²) in [4.78, 5) is -0.699. The molecule has 39 heavy (non-hydrogen) atoms. The van der Waals surface area contributed by atoms with Gasteiger partial charge in [-0.3, -0.25) is 0 Å². The first-order chi connectivity index (χ1) is 17.7. The summed E-state index contributed by atoms with van der Waals surface area (Å²) in [7, 11) is -11.4. The molecule has 0 saturated carbocycles. The third-order valence-corrected chi connectivity index (χ3v) is 10.8. The van der Waals surface area contributed by atoms with Crippen LogP contribution in [-0.2, 0) is 13.7 Å². The molecular formula is C24H19F9O4S2. The van der Waals surface area contributed by atoms with Crippen molar-refractivity contribution in [3.63, 3.8) is 0 Å². The van der Waals surface area contributed by atoms with Gasteiger partial charge in [-0.05, 0) is 71.7 Å². The van der Waals surface area contributed by atoms with E-state index in [0.717, 1.165) is 12.1 Å². The Morgan fingerprint density at radius 2 is 1.03 bits per heavy atom. The van der Waals surface area contributed by atoms with Crippen LogP contribution >= 0.6 is 10.3 Å². The van der Waals surface area contributed by atoms with Crippen LogP contribution in [-0.4, -0.2) is 36.8 Å². The topological polar surface area (TPSA) is 63.6 Å². The number of aryl methyl sites for hydroxylation is 2. The summed E-state index contributed by atoms with van der Waals surface area (Å²) < 4.78 is 154. The van der Waals surface area contributed by atoms with E-state index >= 15 is 0 Å². The van der Waals surface area contributed by atoms with Gasteiger partial charge in [-0.2, -0.15) is 47.9 Å². The predicted octanol–water partition coefficient (Wildman–Crippen LogP) is 7.98. The lowest BCUT2D eigenvalue weighted by Crippen LogP contribution is -2.63. The Balaban J connectivity index is 2.42. The molecule has 0 amide bonds. The molecule has 3 rings (SSSR count). The fourth-order valence-corrected chi connectivity index (χ4v) is 8.91. The third kappa shape index (κ3) is 4.84. The highest BCUT2D eigenvalue weighted by molar-refractivity contribution is 8.33. The van der Waals surface area contributed by atoms with Crippen LogP contribution in [0.2, 0.25) is 0 Å². The Hall–Kier alpha value is -2.91. The molecule has 0 aliphatic heterocycles. The molecule has 3 aromatic rings. The highest BCUT2D eigenvalue weighted by Crippen LogP contribution is 2.71. The summed E-state index contributed by atoms with van der Waals surface area (Å²) in [6, 6.07) is 15.0. The maximum absolute atomic E-state index is 14.8. The molecule has 0 atom stereocenters. The van der Waals surface area contributed by atoms with Crippen molar-refractivity contribution in [3.05, 3.63) is 83.9 Å². The number of hydrogen-bond donors (Lipinski definition) is 1. The molecule has 0 spiro atoms. The maximum Gasteiger partial charge on any atom is 0.460 e. The van der Waals surface area contributed by atoms with Crippen LogP contribution in [0.4, 0.5) is 39.5 Å². The Morgan fingerprint density at radius 1 is 0.641 bits per heavy atom. The van der Waals surface area contributed by atoms with Crippen molar-refractivity contribution >= 4 is 20.4 Å². The number of halogens is 9. The van der Waals surface area contributed by atoms with E-state index in [9.17, 15) is 53.0 Å². The average Bonchev–Trinajstić information content (AvgIpc) is 2.85. The number of phenolic OH excluding ortho intramolecular Hbond substituents is 1. The minimum atomic E-state index is -7.48. The van der Waals surface area contributed by atoms with Gasteiger partial charge in [-0.1, -0.05) is 36.4 Å². The zero-order valence-corrected chi connectivity index (χ0v) is 21.5. The van der Waals surface area contributed by atoms with E-state index in [1.165, 1.54) is 74.5 Å². The number of phenols is 1. The zero-order valence-electron chi connectivity index (χ0n) is 19.8. The number of benzene rings is 3. The average molecular weight is 607 g/mol. The molecule has 0 saturated heterocycles. The fraction of sp³-hybridized carbons (Fsp3) is 0.250. The van der Waals surface area contributed by atoms with E-state index in [4.69, 9.17) is 3.63 Å². The van der Waals surface area contributed by atoms with Gasteiger partial charge in [0.1, 0.15) is 5.75 Å². The Bertz CT molecular complexity index is 1380. The summed E-state index contributed by atoms with van der Waals surface area (Å²) >= 11 is 0. The minimum Gasteiger partial charge on any atom is -0.507 e. The summed E-state index contributed by atoms with van der Waals surface area (Å²) in [5, 5.41) is 3.15. The van der Waals surface area contributed by atoms with Gasteiger partial charge < -0.3 is 5.11 Å². The van der Waals surface area contributed by atoms with E-state index in [0.29, 0.717) is 0 Å². The van der Waals surface area contributed by atoms with E-state index in [1.807, 2.05) is 0 Å². The molecule has 0 unspecified atom stereocenters. The minimum absolute atomic E-state index is 0.0652. The van der Waals surface area contributed by atoms with Crippen molar-refractivity contribution < 1.29 is 56.7 Å². The maximum atomic E-state index is 14.8. The number of alkyl halides is 9. The lowest BCUT2D eigenvalue weighted by Gasteiger charge is -2.41. The smallest absolute Gasteiger partial charge is 0.460 e. The SMILES string of the molecule is Cc1cc(S(OS(=O)(=O)C(F)(F)C(F)(F)C(F)(F)C(F)(F)F)(c2ccccc2)c2ccccc2)cc(C)c1O. The largest absolute Gasteiger partial charge is 0.507 e. The lowest BCUT2D eigenvalue weighted by atomic mass is 10.1. The second-order valence-corrected chi connectivity index (χ2v) is 12.8. The van der Waals surface area contributed by atoms with E-state index < -0.39 is 43.7 Å². The molecule has 0 aliphatic carbocycles. The fourth-order valence-electron chi connectivity index (χ4n) is 3.53. The van der Waals surface area contributed by atoms with E-state index in [1.54, 1.807) is 0 Å². The molecule has 15 heteroatoms. The molecular weight excluding hydrogens is 587 g/mol. The molecule has 0 heterocycles. The Labute approximate surface area is 218 Å². The van der Waals surface area contributed by atoms with Crippen molar-refractivity contribution in [2.75, 3.05) is 0 Å². The molecule has 0 aliphatic rings. The van der Waals surface area contributed by atoms with Crippen LogP contribution in [0.3, 0.4) is 0 Å². The molecule has 214 valence electrons. The standard InChI is InChI=1S/C24H19F9O4S2/c1-15-13-19(14-16(2)20(15)34)38(17-9-5-3-6-10-17,18-11-7-4-8-12-18)37-39(35,36)24(32,33)22(27,28)21(25,26)23(29,30)31/h3-14,34H,1-2H3. The summed E-state index contributed by atoms with van der Waals surface area (Å²) in [6.45, 7) is 2.68. The summed E-state index contributed by atoms with van der Waals surface area (Å²) in [5.74, 6) is -15.2.